The summed E-state index contributed by atoms with van der Waals surface area (Å²) >= 11 is 0. The molecule has 0 aromatic carbocycles. The zero-order chi connectivity index (χ0) is 5.11. The molecule has 0 N–H and O–H groups in total. The summed E-state index contributed by atoms with van der Waals surface area (Å²) in [5.41, 5.74) is 0. The zero-order valence-corrected chi connectivity index (χ0v) is 4.70. The maximum absolute atomic E-state index is 3.06. The fourth-order valence-corrected chi connectivity index (χ4v) is 0.568. The smallest absolute Gasteiger partial charge is 0.0117 e. The van der Waals surface area contributed by atoms with Crippen LogP contribution in [0.2, 0.25) is 0 Å². The first-order valence-corrected chi connectivity index (χ1v) is 2.83. The van der Waals surface area contributed by atoms with Gasteiger partial charge >= 0.3 is 0 Å². The molecular weight excluding hydrogens is 84.1 g/mol. The highest BCUT2D eigenvalue weighted by Crippen LogP contribution is 2.31. The van der Waals surface area contributed by atoms with Crippen LogP contribution in [0.5, 0.6) is 0 Å². The van der Waals surface area contributed by atoms with E-state index < -0.39 is 0 Å². The summed E-state index contributed by atoms with van der Waals surface area (Å²) in [6.07, 6.45) is 4.00. The second-order valence-electron chi connectivity index (χ2n) is 2.07. The van der Waals surface area contributed by atoms with Crippen LogP contribution in [0.25, 0.3) is 0 Å². The van der Waals surface area contributed by atoms with Crippen molar-refractivity contribution in [2.45, 2.75) is 26.2 Å². The van der Waals surface area contributed by atoms with E-state index in [0.717, 1.165) is 12.3 Å². The third-order valence-electron chi connectivity index (χ3n) is 1.26. The molecule has 1 aliphatic rings. The Kier molecular flexibility index (Phi) is 1.36. The summed E-state index contributed by atoms with van der Waals surface area (Å²) in [6, 6.07) is 0. The summed E-state index contributed by atoms with van der Waals surface area (Å²) in [6.45, 7) is 1.91. The van der Waals surface area contributed by atoms with Crippen molar-refractivity contribution >= 4 is 0 Å². The molecule has 0 saturated heterocycles. The third-order valence-corrected chi connectivity index (χ3v) is 1.26. The number of rotatable bonds is 1. The predicted octanol–water partition coefficient (Wildman–Crippen LogP) is 1.81. The summed E-state index contributed by atoms with van der Waals surface area (Å²) in [5, 5.41) is 0. The summed E-state index contributed by atoms with van der Waals surface area (Å²) < 4.78 is 0. The quantitative estimate of drug-likeness (QED) is 0.435. The van der Waals surface area contributed by atoms with Crippen LogP contribution < -0.4 is 0 Å². The van der Waals surface area contributed by atoms with E-state index in [1.165, 1.54) is 12.8 Å². The lowest BCUT2D eigenvalue weighted by Gasteiger charge is -1.75. The van der Waals surface area contributed by atoms with Gasteiger partial charge in [-0.25, -0.2) is 0 Å². The Balaban J connectivity index is 2.05. The minimum Gasteiger partial charge on any atom is -0.107 e. The number of hydrogen-bond donors (Lipinski definition) is 0. The summed E-state index contributed by atoms with van der Waals surface area (Å²) in [4.78, 5) is 0. The lowest BCUT2D eigenvalue weighted by Crippen LogP contribution is -1.66. The SMILES string of the molecule is CC#CCC1CC1. The Morgan fingerprint density at radius 2 is 2.29 bits per heavy atom. The van der Waals surface area contributed by atoms with Crippen molar-refractivity contribution in [3.63, 3.8) is 0 Å². The molecule has 0 heterocycles. The molecule has 0 heteroatoms. The number of hydrogen-bond acceptors (Lipinski definition) is 0. The van der Waals surface area contributed by atoms with E-state index >= 15 is 0 Å². The maximum atomic E-state index is 3.06. The largest absolute Gasteiger partial charge is 0.107 e. The van der Waals surface area contributed by atoms with Gasteiger partial charge in [-0.15, -0.1) is 11.8 Å². The summed E-state index contributed by atoms with van der Waals surface area (Å²) in [5.74, 6) is 6.93. The third kappa shape index (κ3) is 1.64. The molecule has 1 saturated carbocycles. The van der Waals surface area contributed by atoms with Gasteiger partial charge in [0.2, 0.25) is 0 Å². The van der Waals surface area contributed by atoms with E-state index in [9.17, 15) is 0 Å². The van der Waals surface area contributed by atoms with Gasteiger partial charge in [0.05, 0.1) is 0 Å². The molecule has 1 fully saturated rings. The molecule has 7 heavy (non-hydrogen) atoms. The van der Waals surface area contributed by atoms with Crippen LogP contribution >= 0.6 is 0 Å². The topological polar surface area (TPSA) is 0 Å². The van der Waals surface area contributed by atoms with Gasteiger partial charge in [-0.1, -0.05) is 0 Å². The Labute approximate surface area is 44.9 Å². The van der Waals surface area contributed by atoms with Crippen molar-refractivity contribution in [2.24, 2.45) is 5.92 Å². The van der Waals surface area contributed by atoms with Crippen molar-refractivity contribution in [2.75, 3.05) is 0 Å². The predicted molar refractivity (Wildman–Crippen MR) is 30.8 cm³/mol. The van der Waals surface area contributed by atoms with Crippen LogP contribution in [0.1, 0.15) is 26.2 Å². The van der Waals surface area contributed by atoms with Gasteiger partial charge in [0.25, 0.3) is 0 Å². The normalized spacial score (nSPS) is 17.9. The highest BCUT2D eigenvalue weighted by molar-refractivity contribution is 4.98. The fourth-order valence-electron chi connectivity index (χ4n) is 0.568. The van der Waals surface area contributed by atoms with E-state index in [1.54, 1.807) is 0 Å². The lowest BCUT2D eigenvalue weighted by atomic mass is 10.3. The van der Waals surface area contributed by atoms with Crippen LogP contribution in [-0.4, -0.2) is 0 Å². The molecule has 0 unspecified atom stereocenters. The van der Waals surface area contributed by atoms with Crippen molar-refractivity contribution in [1.82, 2.24) is 0 Å². The van der Waals surface area contributed by atoms with Gasteiger partial charge in [0.1, 0.15) is 0 Å². The van der Waals surface area contributed by atoms with E-state index in [0.29, 0.717) is 0 Å². The molecular formula is C7H10. The van der Waals surface area contributed by atoms with Crippen molar-refractivity contribution < 1.29 is 0 Å². The molecule has 0 nitrogen and oxygen atoms in total. The highest BCUT2D eigenvalue weighted by atomic mass is 14.2. The Hall–Kier alpha value is -0.440. The second kappa shape index (κ2) is 2.02. The Morgan fingerprint density at radius 3 is 2.71 bits per heavy atom. The van der Waals surface area contributed by atoms with Crippen LogP contribution in [0.3, 0.4) is 0 Å². The van der Waals surface area contributed by atoms with Gasteiger partial charge < -0.3 is 0 Å². The van der Waals surface area contributed by atoms with Crippen LogP contribution in [0.4, 0.5) is 0 Å². The van der Waals surface area contributed by atoms with Crippen molar-refractivity contribution in [3.05, 3.63) is 0 Å². The van der Waals surface area contributed by atoms with Crippen LogP contribution in [0, 0.1) is 17.8 Å². The van der Waals surface area contributed by atoms with Gasteiger partial charge in [-0.05, 0) is 25.7 Å². The minimum absolute atomic E-state index is 0.979. The average molecular weight is 94.2 g/mol. The standard InChI is InChI=1S/C7H10/c1-2-3-4-7-5-6-7/h7H,4-6H2,1H3. The molecule has 0 aromatic heterocycles. The van der Waals surface area contributed by atoms with E-state index in [1.807, 2.05) is 6.92 Å². The second-order valence-corrected chi connectivity index (χ2v) is 2.07. The van der Waals surface area contributed by atoms with Crippen molar-refractivity contribution in [1.29, 1.82) is 0 Å². The van der Waals surface area contributed by atoms with Gasteiger partial charge in [-0.2, -0.15) is 0 Å². The molecule has 0 bridgehead atoms. The average Bonchev–Trinajstić information content (AvgIpc) is 2.42. The van der Waals surface area contributed by atoms with Gasteiger partial charge in [-0.3, -0.25) is 0 Å². The fraction of sp³-hybridized carbons (Fsp3) is 0.714. The molecule has 0 radical (unpaired) electrons. The molecule has 38 valence electrons. The van der Waals surface area contributed by atoms with Gasteiger partial charge in [0.15, 0.2) is 0 Å². The zero-order valence-electron chi connectivity index (χ0n) is 4.70. The molecule has 0 spiro atoms. The minimum atomic E-state index is 0.979. The van der Waals surface area contributed by atoms with Crippen molar-refractivity contribution in [3.8, 4) is 11.8 Å². The molecule has 0 aromatic rings. The summed E-state index contributed by atoms with van der Waals surface area (Å²) in [7, 11) is 0. The molecule has 1 aliphatic carbocycles. The first-order chi connectivity index (χ1) is 3.43. The molecule has 0 amide bonds. The molecule has 0 aliphatic heterocycles. The highest BCUT2D eigenvalue weighted by Gasteiger charge is 2.18. The van der Waals surface area contributed by atoms with Crippen LogP contribution in [-0.2, 0) is 0 Å². The first kappa shape index (κ1) is 4.71. The Bertz CT molecular complexity index is 98.9. The van der Waals surface area contributed by atoms with E-state index in [2.05, 4.69) is 11.8 Å². The molecule has 0 atom stereocenters. The lowest BCUT2D eigenvalue weighted by molar-refractivity contribution is 0.884. The molecule has 1 rings (SSSR count). The van der Waals surface area contributed by atoms with Crippen LogP contribution in [0.15, 0.2) is 0 Å². The van der Waals surface area contributed by atoms with E-state index in [-0.39, 0.29) is 0 Å². The Morgan fingerprint density at radius 1 is 1.57 bits per heavy atom. The van der Waals surface area contributed by atoms with Gasteiger partial charge in [0, 0.05) is 6.42 Å². The monoisotopic (exact) mass is 94.1 g/mol. The first-order valence-electron chi connectivity index (χ1n) is 2.83. The van der Waals surface area contributed by atoms with E-state index in [4.69, 9.17) is 0 Å². The maximum Gasteiger partial charge on any atom is 0.0117 e.